The minimum Gasteiger partial charge on any atom is -0.312 e. The molecule has 1 fully saturated rings. The predicted octanol–water partition coefficient (Wildman–Crippen LogP) is 5.19. The normalized spacial score (nSPS) is 23.8. The van der Waals surface area contributed by atoms with Crippen molar-refractivity contribution < 1.29 is 0 Å². The molecule has 2 atom stereocenters. The summed E-state index contributed by atoms with van der Waals surface area (Å²) in [5.74, 6) is 1.66. The lowest BCUT2D eigenvalue weighted by molar-refractivity contribution is 0.213. The van der Waals surface area contributed by atoms with Gasteiger partial charge in [0.25, 0.3) is 0 Å². The number of hydrogen-bond donors (Lipinski definition) is 1. The molecule has 0 bridgehead atoms. The standard InChI is InChI=1S/C18H28BrN/c1-18(2,3)20-13-16-10-5-4-8-14(16)12-15-9-6-7-11-17(15)19/h6-7,9,11,14,16,20H,4-5,8,10,12-13H2,1-3H3. The van der Waals surface area contributed by atoms with Crippen molar-refractivity contribution in [2.75, 3.05) is 6.54 Å². The predicted molar refractivity (Wildman–Crippen MR) is 91.0 cm³/mol. The molecule has 1 nitrogen and oxygen atoms in total. The van der Waals surface area contributed by atoms with Crippen LogP contribution < -0.4 is 5.32 Å². The van der Waals surface area contributed by atoms with Gasteiger partial charge in [-0.2, -0.15) is 0 Å². The first-order valence-corrected chi connectivity index (χ1v) is 8.73. The van der Waals surface area contributed by atoms with Crippen LogP contribution in [0.1, 0.15) is 52.0 Å². The maximum absolute atomic E-state index is 3.71. The highest BCUT2D eigenvalue weighted by Gasteiger charge is 2.26. The fraction of sp³-hybridized carbons (Fsp3) is 0.667. The van der Waals surface area contributed by atoms with Crippen LogP contribution in [0.5, 0.6) is 0 Å². The van der Waals surface area contributed by atoms with Crippen molar-refractivity contribution >= 4 is 15.9 Å². The fourth-order valence-corrected chi connectivity index (χ4v) is 3.65. The smallest absolute Gasteiger partial charge is 0.0207 e. The Labute approximate surface area is 132 Å². The topological polar surface area (TPSA) is 12.0 Å². The van der Waals surface area contributed by atoms with E-state index in [4.69, 9.17) is 0 Å². The maximum atomic E-state index is 3.71. The van der Waals surface area contributed by atoms with E-state index >= 15 is 0 Å². The van der Waals surface area contributed by atoms with E-state index in [-0.39, 0.29) is 5.54 Å². The fourth-order valence-electron chi connectivity index (χ4n) is 3.21. The van der Waals surface area contributed by atoms with Gasteiger partial charge in [0.2, 0.25) is 0 Å². The second-order valence-electron chi connectivity index (χ2n) is 7.23. The van der Waals surface area contributed by atoms with Gasteiger partial charge in [0.05, 0.1) is 0 Å². The summed E-state index contributed by atoms with van der Waals surface area (Å²) in [5.41, 5.74) is 1.70. The molecule has 112 valence electrons. The zero-order chi connectivity index (χ0) is 14.6. The van der Waals surface area contributed by atoms with Crippen molar-refractivity contribution in [3.8, 4) is 0 Å². The number of rotatable bonds is 4. The minimum atomic E-state index is 0.231. The average molecular weight is 338 g/mol. The molecule has 2 rings (SSSR count). The molecule has 0 heterocycles. The van der Waals surface area contributed by atoms with Crippen LogP contribution in [-0.2, 0) is 6.42 Å². The van der Waals surface area contributed by atoms with Gasteiger partial charge in [-0.05, 0) is 70.0 Å². The quantitative estimate of drug-likeness (QED) is 0.797. The third-order valence-corrected chi connectivity index (χ3v) is 5.17. The van der Waals surface area contributed by atoms with Gasteiger partial charge in [-0.15, -0.1) is 0 Å². The van der Waals surface area contributed by atoms with Crippen molar-refractivity contribution in [3.63, 3.8) is 0 Å². The minimum absolute atomic E-state index is 0.231. The first kappa shape index (κ1) is 16.0. The van der Waals surface area contributed by atoms with Crippen LogP contribution in [0.2, 0.25) is 0 Å². The Bertz CT molecular complexity index is 422. The molecule has 1 aliphatic carbocycles. The average Bonchev–Trinajstić information content (AvgIpc) is 2.39. The van der Waals surface area contributed by atoms with Crippen molar-refractivity contribution in [1.82, 2.24) is 5.32 Å². The highest BCUT2D eigenvalue weighted by Crippen LogP contribution is 2.34. The van der Waals surface area contributed by atoms with Crippen LogP contribution in [0.4, 0.5) is 0 Å². The molecule has 1 aliphatic rings. The Morgan fingerprint density at radius 3 is 2.40 bits per heavy atom. The number of hydrogen-bond acceptors (Lipinski definition) is 1. The van der Waals surface area contributed by atoms with E-state index in [1.165, 1.54) is 48.7 Å². The maximum Gasteiger partial charge on any atom is 0.0207 e. The van der Waals surface area contributed by atoms with Crippen LogP contribution in [0.25, 0.3) is 0 Å². The molecule has 0 spiro atoms. The summed E-state index contributed by atoms with van der Waals surface area (Å²) in [7, 11) is 0. The van der Waals surface area contributed by atoms with Crippen molar-refractivity contribution in [3.05, 3.63) is 34.3 Å². The zero-order valence-electron chi connectivity index (χ0n) is 13.1. The second kappa shape index (κ2) is 7.09. The molecular weight excluding hydrogens is 310 g/mol. The Morgan fingerprint density at radius 1 is 1.10 bits per heavy atom. The number of nitrogens with one attached hydrogen (secondary N) is 1. The van der Waals surface area contributed by atoms with E-state index in [0.717, 1.165) is 11.8 Å². The van der Waals surface area contributed by atoms with Crippen molar-refractivity contribution in [2.24, 2.45) is 11.8 Å². The Kier molecular flexibility index (Phi) is 5.68. The summed E-state index contributed by atoms with van der Waals surface area (Å²) >= 11 is 3.70. The molecule has 20 heavy (non-hydrogen) atoms. The molecule has 1 saturated carbocycles. The molecule has 1 aromatic carbocycles. The van der Waals surface area contributed by atoms with E-state index in [1.807, 2.05) is 0 Å². The molecular formula is C18H28BrN. The number of benzene rings is 1. The van der Waals surface area contributed by atoms with Gasteiger partial charge in [0, 0.05) is 10.0 Å². The van der Waals surface area contributed by atoms with Crippen molar-refractivity contribution in [2.45, 2.75) is 58.4 Å². The number of halogens is 1. The summed E-state index contributed by atoms with van der Waals surface area (Å²) in [6.07, 6.45) is 6.80. The van der Waals surface area contributed by atoms with E-state index in [1.54, 1.807) is 0 Å². The van der Waals surface area contributed by atoms with Crippen LogP contribution in [0, 0.1) is 11.8 Å². The third-order valence-electron chi connectivity index (χ3n) is 4.40. The molecule has 2 unspecified atom stereocenters. The third kappa shape index (κ3) is 4.89. The molecule has 0 aliphatic heterocycles. The van der Waals surface area contributed by atoms with Gasteiger partial charge in [-0.1, -0.05) is 47.0 Å². The van der Waals surface area contributed by atoms with Gasteiger partial charge in [0.15, 0.2) is 0 Å². The van der Waals surface area contributed by atoms with Crippen LogP contribution in [-0.4, -0.2) is 12.1 Å². The Hall–Kier alpha value is -0.340. The van der Waals surface area contributed by atoms with Gasteiger partial charge in [-0.25, -0.2) is 0 Å². The highest BCUT2D eigenvalue weighted by atomic mass is 79.9. The summed E-state index contributed by atoms with van der Waals surface area (Å²) in [5, 5.41) is 3.71. The van der Waals surface area contributed by atoms with E-state index < -0.39 is 0 Å². The summed E-state index contributed by atoms with van der Waals surface area (Å²) in [6, 6.07) is 8.70. The molecule has 2 heteroatoms. The van der Waals surface area contributed by atoms with Crippen LogP contribution >= 0.6 is 15.9 Å². The SMILES string of the molecule is CC(C)(C)NCC1CCCCC1Cc1ccccc1Br. The summed E-state index contributed by atoms with van der Waals surface area (Å²) in [4.78, 5) is 0. The van der Waals surface area contributed by atoms with E-state index in [9.17, 15) is 0 Å². The Morgan fingerprint density at radius 2 is 1.75 bits per heavy atom. The molecule has 0 radical (unpaired) electrons. The first-order valence-electron chi connectivity index (χ1n) is 7.94. The van der Waals surface area contributed by atoms with Crippen LogP contribution in [0.15, 0.2) is 28.7 Å². The van der Waals surface area contributed by atoms with Gasteiger partial charge >= 0.3 is 0 Å². The molecule has 0 amide bonds. The van der Waals surface area contributed by atoms with Gasteiger partial charge < -0.3 is 5.32 Å². The first-order chi connectivity index (χ1) is 9.46. The van der Waals surface area contributed by atoms with E-state index in [0.29, 0.717) is 0 Å². The lowest BCUT2D eigenvalue weighted by atomic mass is 9.76. The zero-order valence-corrected chi connectivity index (χ0v) is 14.7. The van der Waals surface area contributed by atoms with Gasteiger partial charge in [-0.3, -0.25) is 0 Å². The summed E-state index contributed by atoms with van der Waals surface area (Å²) < 4.78 is 1.27. The van der Waals surface area contributed by atoms with Crippen LogP contribution in [0.3, 0.4) is 0 Å². The molecule has 0 saturated heterocycles. The monoisotopic (exact) mass is 337 g/mol. The highest BCUT2D eigenvalue weighted by molar-refractivity contribution is 9.10. The lowest BCUT2D eigenvalue weighted by Gasteiger charge is -2.34. The molecule has 0 aromatic heterocycles. The summed E-state index contributed by atoms with van der Waals surface area (Å²) in [6.45, 7) is 7.95. The molecule has 1 aromatic rings. The second-order valence-corrected chi connectivity index (χ2v) is 8.09. The Balaban J connectivity index is 1.98. The van der Waals surface area contributed by atoms with Crippen molar-refractivity contribution in [1.29, 1.82) is 0 Å². The molecule has 1 N–H and O–H groups in total. The largest absolute Gasteiger partial charge is 0.312 e. The van der Waals surface area contributed by atoms with Gasteiger partial charge in [0.1, 0.15) is 0 Å². The lowest BCUT2D eigenvalue weighted by Crippen LogP contribution is -2.41. The van der Waals surface area contributed by atoms with E-state index in [2.05, 4.69) is 66.3 Å².